The zero-order valence-electron chi connectivity index (χ0n) is 12.8. The van der Waals surface area contributed by atoms with Crippen LogP contribution in [0.25, 0.3) is 0 Å². The lowest BCUT2D eigenvalue weighted by Gasteiger charge is -2.30. The molecule has 3 nitrogen and oxygen atoms in total. The van der Waals surface area contributed by atoms with Crippen LogP contribution < -0.4 is 10.5 Å². The fraction of sp³-hybridized carbons (Fsp3) is 0.562. The molecule has 1 aromatic carbocycles. The summed E-state index contributed by atoms with van der Waals surface area (Å²) >= 11 is 5.30. The van der Waals surface area contributed by atoms with Gasteiger partial charge in [0.2, 0.25) is 0 Å². The summed E-state index contributed by atoms with van der Waals surface area (Å²) in [5.74, 6) is 0.873. The molecule has 0 saturated carbocycles. The van der Waals surface area contributed by atoms with Crippen molar-refractivity contribution in [3.63, 3.8) is 0 Å². The summed E-state index contributed by atoms with van der Waals surface area (Å²) < 4.78 is 5.57. The Morgan fingerprint density at radius 2 is 2.10 bits per heavy atom. The number of nitrogens with zero attached hydrogens (tertiary/aromatic N) is 1. The van der Waals surface area contributed by atoms with Crippen molar-refractivity contribution in [1.82, 2.24) is 4.90 Å². The van der Waals surface area contributed by atoms with Crippen LogP contribution in [0.15, 0.2) is 24.3 Å². The molecule has 0 aliphatic rings. The lowest BCUT2D eigenvalue weighted by molar-refractivity contribution is 0.253. The number of hydrogen-bond acceptors (Lipinski definition) is 3. The molecule has 0 bridgehead atoms. The highest BCUT2D eigenvalue weighted by Gasteiger charge is 2.21. The Morgan fingerprint density at radius 3 is 2.65 bits per heavy atom. The van der Waals surface area contributed by atoms with E-state index in [1.54, 1.807) is 0 Å². The van der Waals surface area contributed by atoms with Gasteiger partial charge in [0.15, 0.2) is 0 Å². The number of rotatable bonds is 9. The number of benzene rings is 1. The van der Waals surface area contributed by atoms with E-state index in [-0.39, 0.29) is 6.04 Å². The highest BCUT2D eigenvalue weighted by Crippen LogP contribution is 2.25. The van der Waals surface area contributed by atoms with Gasteiger partial charge in [-0.25, -0.2) is 0 Å². The predicted molar refractivity (Wildman–Crippen MR) is 89.3 cm³/mol. The summed E-state index contributed by atoms with van der Waals surface area (Å²) in [7, 11) is 0. The van der Waals surface area contributed by atoms with E-state index in [1.807, 2.05) is 25.1 Å². The van der Waals surface area contributed by atoms with E-state index < -0.39 is 0 Å². The van der Waals surface area contributed by atoms with E-state index in [1.165, 1.54) is 6.42 Å². The second-order valence-electron chi connectivity index (χ2n) is 4.79. The van der Waals surface area contributed by atoms with Crippen molar-refractivity contribution < 1.29 is 4.74 Å². The molecule has 0 spiro atoms. The Morgan fingerprint density at radius 1 is 1.35 bits per heavy atom. The topological polar surface area (TPSA) is 38.5 Å². The van der Waals surface area contributed by atoms with E-state index >= 15 is 0 Å². The Kier molecular flexibility index (Phi) is 7.55. The smallest absolute Gasteiger partial charge is 0.119 e. The van der Waals surface area contributed by atoms with Crippen LogP contribution in [0.1, 0.15) is 45.2 Å². The third-order valence-electron chi connectivity index (χ3n) is 3.32. The van der Waals surface area contributed by atoms with Gasteiger partial charge in [0.25, 0.3) is 0 Å². The first-order chi connectivity index (χ1) is 9.63. The molecule has 112 valence electrons. The Balaban J connectivity index is 2.99. The number of nitrogens with two attached hydrogens (primary N) is 1. The molecule has 0 saturated heterocycles. The molecule has 0 amide bonds. The maximum atomic E-state index is 5.99. The van der Waals surface area contributed by atoms with Gasteiger partial charge in [-0.1, -0.05) is 44.6 Å². The van der Waals surface area contributed by atoms with Crippen LogP contribution in [0.5, 0.6) is 5.75 Å². The molecule has 0 aliphatic heterocycles. The molecular formula is C16H26N2OS. The van der Waals surface area contributed by atoms with Crippen molar-refractivity contribution in [2.24, 2.45) is 5.73 Å². The third kappa shape index (κ3) is 4.76. The van der Waals surface area contributed by atoms with Crippen molar-refractivity contribution in [2.45, 2.75) is 39.7 Å². The first kappa shape index (κ1) is 16.9. The molecule has 0 heterocycles. The maximum absolute atomic E-state index is 5.99. The molecule has 0 aromatic heterocycles. The van der Waals surface area contributed by atoms with Gasteiger partial charge in [0.05, 0.1) is 17.6 Å². The first-order valence-electron chi connectivity index (χ1n) is 7.40. The highest BCUT2D eigenvalue weighted by atomic mass is 32.1. The molecule has 1 aromatic rings. The second kappa shape index (κ2) is 8.93. The molecule has 4 heteroatoms. The molecule has 2 N–H and O–H groups in total. The van der Waals surface area contributed by atoms with Gasteiger partial charge in [-0.05, 0) is 44.1 Å². The van der Waals surface area contributed by atoms with Gasteiger partial charge in [0, 0.05) is 0 Å². The van der Waals surface area contributed by atoms with E-state index in [2.05, 4.69) is 24.8 Å². The van der Waals surface area contributed by atoms with Crippen LogP contribution in [0.2, 0.25) is 0 Å². The lowest BCUT2D eigenvalue weighted by atomic mass is 10.0. The zero-order valence-corrected chi connectivity index (χ0v) is 13.6. The average Bonchev–Trinajstić information content (AvgIpc) is 2.43. The molecule has 0 radical (unpaired) electrons. The van der Waals surface area contributed by atoms with Crippen LogP contribution in [0.4, 0.5) is 0 Å². The van der Waals surface area contributed by atoms with E-state index in [9.17, 15) is 0 Å². The normalized spacial score (nSPS) is 12.4. The molecule has 1 atom stereocenters. The van der Waals surface area contributed by atoms with Crippen LogP contribution in [-0.4, -0.2) is 29.6 Å². The molecule has 0 fully saturated rings. The zero-order chi connectivity index (χ0) is 15.0. The summed E-state index contributed by atoms with van der Waals surface area (Å²) in [5.41, 5.74) is 7.10. The minimum absolute atomic E-state index is 0.0121. The summed E-state index contributed by atoms with van der Waals surface area (Å²) in [5, 5.41) is 0. The summed E-state index contributed by atoms with van der Waals surface area (Å²) in [6, 6.07) is 8.07. The number of hydrogen-bond donors (Lipinski definition) is 1. The maximum Gasteiger partial charge on any atom is 0.119 e. The SMILES string of the molecule is CCCCN(CC)C(C(N)=S)c1cccc(OCC)c1. The minimum atomic E-state index is -0.0121. The van der Waals surface area contributed by atoms with Gasteiger partial charge >= 0.3 is 0 Å². The predicted octanol–water partition coefficient (Wildman–Crippen LogP) is 3.53. The van der Waals surface area contributed by atoms with Gasteiger partial charge in [0.1, 0.15) is 5.75 Å². The summed E-state index contributed by atoms with van der Waals surface area (Å²) in [4.78, 5) is 2.85. The van der Waals surface area contributed by atoms with Crippen molar-refractivity contribution in [2.75, 3.05) is 19.7 Å². The van der Waals surface area contributed by atoms with Crippen LogP contribution >= 0.6 is 12.2 Å². The van der Waals surface area contributed by atoms with Crippen molar-refractivity contribution >= 4 is 17.2 Å². The number of thiocarbonyl (C=S) groups is 1. The fourth-order valence-corrected chi connectivity index (χ4v) is 2.61. The monoisotopic (exact) mass is 294 g/mol. The van der Waals surface area contributed by atoms with E-state index in [0.717, 1.165) is 30.8 Å². The Bertz CT molecular complexity index is 423. The Hall–Kier alpha value is -1.13. The van der Waals surface area contributed by atoms with Crippen molar-refractivity contribution in [3.8, 4) is 5.75 Å². The van der Waals surface area contributed by atoms with Crippen LogP contribution in [0.3, 0.4) is 0 Å². The standard InChI is InChI=1S/C16H26N2OS/c1-4-7-11-18(5-2)15(16(17)20)13-9-8-10-14(12-13)19-6-3/h8-10,12,15H,4-7,11H2,1-3H3,(H2,17,20). The number of unbranched alkanes of at least 4 members (excludes halogenated alkanes) is 1. The largest absolute Gasteiger partial charge is 0.494 e. The quantitative estimate of drug-likeness (QED) is 0.707. The fourth-order valence-electron chi connectivity index (χ4n) is 2.33. The Labute approximate surface area is 128 Å². The highest BCUT2D eigenvalue weighted by molar-refractivity contribution is 7.80. The van der Waals surface area contributed by atoms with Crippen molar-refractivity contribution in [1.29, 1.82) is 0 Å². The third-order valence-corrected chi connectivity index (χ3v) is 3.55. The van der Waals surface area contributed by atoms with Crippen LogP contribution in [-0.2, 0) is 0 Å². The van der Waals surface area contributed by atoms with E-state index in [0.29, 0.717) is 11.6 Å². The van der Waals surface area contributed by atoms with Crippen LogP contribution in [0, 0.1) is 0 Å². The molecular weight excluding hydrogens is 268 g/mol. The van der Waals surface area contributed by atoms with Gasteiger partial charge in [-0.15, -0.1) is 0 Å². The van der Waals surface area contributed by atoms with Gasteiger partial charge in [-0.2, -0.15) is 0 Å². The van der Waals surface area contributed by atoms with Crippen molar-refractivity contribution in [3.05, 3.63) is 29.8 Å². The average molecular weight is 294 g/mol. The summed E-state index contributed by atoms with van der Waals surface area (Å²) in [6.45, 7) is 8.92. The first-order valence-corrected chi connectivity index (χ1v) is 7.80. The van der Waals surface area contributed by atoms with Gasteiger partial charge < -0.3 is 10.5 Å². The lowest BCUT2D eigenvalue weighted by Crippen LogP contribution is -2.37. The summed E-state index contributed by atoms with van der Waals surface area (Å²) in [6.07, 6.45) is 2.32. The molecule has 20 heavy (non-hydrogen) atoms. The molecule has 1 unspecified atom stereocenters. The number of ether oxygens (including phenoxy) is 1. The van der Waals surface area contributed by atoms with E-state index in [4.69, 9.17) is 22.7 Å². The minimum Gasteiger partial charge on any atom is -0.494 e. The second-order valence-corrected chi connectivity index (χ2v) is 5.26. The van der Waals surface area contributed by atoms with Gasteiger partial charge in [-0.3, -0.25) is 4.90 Å². The number of likely N-dealkylation sites (N-methyl/N-ethyl adjacent to an activating group) is 1. The molecule has 1 rings (SSSR count). The molecule has 0 aliphatic carbocycles.